The maximum Gasteiger partial charge on any atom is 0.0109 e. The first kappa shape index (κ1) is 5.03. The highest BCUT2D eigenvalue weighted by molar-refractivity contribution is 6.29. The van der Waals surface area contributed by atoms with Crippen molar-refractivity contribution in [3.8, 4) is 0 Å². The summed E-state index contributed by atoms with van der Waals surface area (Å²) in [6, 6.07) is 0. The third-order valence-corrected chi connectivity index (χ3v) is 0.460. The predicted octanol–water partition coefficient (Wildman–Crippen LogP) is 1.96. The first-order valence-electron chi connectivity index (χ1n) is 1.40. The van der Waals surface area contributed by atoms with E-state index in [2.05, 4.69) is 13.5 Å². The molecule has 0 atom stereocenters. The van der Waals surface area contributed by atoms with Gasteiger partial charge in [0.05, 0.1) is 0 Å². The Morgan fingerprint density at radius 3 is 2.00 bits per heavy atom. The maximum atomic E-state index is 5.21. The lowest BCUT2D eigenvalue weighted by Crippen LogP contribution is -1.53. The van der Waals surface area contributed by atoms with Crippen LogP contribution in [-0.4, -0.2) is 0 Å². The zero-order valence-corrected chi connectivity index (χ0v) is 3.76. The van der Waals surface area contributed by atoms with E-state index in [1.807, 2.05) is 0 Å². The lowest BCUT2D eigenvalue weighted by molar-refractivity contribution is 1.37. The van der Waals surface area contributed by atoms with Crippen molar-refractivity contribution in [3.63, 3.8) is 0 Å². The van der Waals surface area contributed by atoms with Crippen molar-refractivity contribution >= 4 is 11.6 Å². The highest BCUT2D eigenvalue weighted by Gasteiger charge is 1.71. The molecule has 0 aliphatic carbocycles. The first-order chi connectivity index (χ1) is 2.27. The molecule has 0 aliphatic rings. The van der Waals surface area contributed by atoms with Crippen LogP contribution in [0.3, 0.4) is 0 Å². The molecule has 29 valence electrons. The minimum atomic E-state index is 0.616. The smallest absolute Gasteiger partial charge is 0.0109 e. The van der Waals surface area contributed by atoms with Gasteiger partial charge in [-0.3, -0.25) is 0 Å². The second-order valence-corrected chi connectivity index (χ2v) is 1.30. The standard InChI is InChI=1S/C4H6Cl/c1-3-4(2)5/h1-3H2. The average molecular weight is 89.5 g/mol. The third kappa shape index (κ3) is 4.03. The fourth-order valence-corrected chi connectivity index (χ4v) is 0. The fourth-order valence-electron chi connectivity index (χ4n) is 0. The molecule has 0 saturated heterocycles. The second kappa shape index (κ2) is 2.28. The van der Waals surface area contributed by atoms with Gasteiger partial charge in [-0.25, -0.2) is 0 Å². The minimum Gasteiger partial charge on any atom is -0.0898 e. The fraction of sp³-hybridized carbons (Fsp3) is 0.250. The summed E-state index contributed by atoms with van der Waals surface area (Å²) in [5.74, 6) is 0. The van der Waals surface area contributed by atoms with Gasteiger partial charge in [-0.2, -0.15) is 0 Å². The quantitative estimate of drug-likeness (QED) is 0.461. The molecule has 0 aliphatic heterocycles. The molecule has 5 heavy (non-hydrogen) atoms. The van der Waals surface area contributed by atoms with Crippen LogP contribution in [-0.2, 0) is 0 Å². The lowest BCUT2D eigenvalue weighted by Gasteiger charge is -1.76. The molecule has 0 amide bonds. The van der Waals surface area contributed by atoms with E-state index in [0.29, 0.717) is 11.5 Å². The van der Waals surface area contributed by atoms with Gasteiger partial charge in [-0.15, -0.1) is 0 Å². The molecule has 1 radical (unpaired) electrons. The van der Waals surface area contributed by atoms with Gasteiger partial charge in [0.15, 0.2) is 0 Å². The lowest BCUT2D eigenvalue weighted by atomic mass is 10.5. The van der Waals surface area contributed by atoms with Crippen LogP contribution in [0.2, 0.25) is 0 Å². The summed E-state index contributed by atoms with van der Waals surface area (Å²) < 4.78 is 0. The summed E-state index contributed by atoms with van der Waals surface area (Å²) in [7, 11) is 0. The number of halogens is 1. The molecular formula is C4H6Cl. The topological polar surface area (TPSA) is 0 Å². The summed E-state index contributed by atoms with van der Waals surface area (Å²) in [6.45, 7) is 6.83. The van der Waals surface area contributed by atoms with Crippen LogP contribution >= 0.6 is 11.6 Å². The van der Waals surface area contributed by atoms with E-state index in [0.717, 1.165) is 0 Å². The minimum absolute atomic E-state index is 0.616. The summed E-state index contributed by atoms with van der Waals surface area (Å²) in [5.41, 5.74) is 0. The molecule has 0 aromatic rings. The first-order valence-corrected chi connectivity index (χ1v) is 1.77. The second-order valence-electron chi connectivity index (χ2n) is 0.767. The summed E-state index contributed by atoms with van der Waals surface area (Å²) >= 11 is 5.21. The molecule has 0 nitrogen and oxygen atoms in total. The summed E-state index contributed by atoms with van der Waals surface area (Å²) in [5, 5.41) is 0.616. The molecule has 0 fully saturated rings. The molecular weight excluding hydrogens is 83.5 g/mol. The van der Waals surface area contributed by atoms with Crippen LogP contribution in [0, 0.1) is 6.92 Å². The van der Waals surface area contributed by atoms with Crippen LogP contribution in [0.4, 0.5) is 0 Å². The maximum absolute atomic E-state index is 5.21. The molecule has 0 unspecified atom stereocenters. The zero-order valence-electron chi connectivity index (χ0n) is 3.00. The highest BCUT2D eigenvalue weighted by Crippen LogP contribution is 1.98. The van der Waals surface area contributed by atoms with Gasteiger partial charge >= 0.3 is 0 Å². The number of hydrogen-bond donors (Lipinski definition) is 0. The third-order valence-electron chi connectivity index (χ3n) is 0.271. The number of hydrogen-bond acceptors (Lipinski definition) is 0. The zero-order chi connectivity index (χ0) is 4.28. The Kier molecular flexibility index (Phi) is 2.29. The van der Waals surface area contributed by atoms with Gasteiger partial charge in [-0.05, 0) is 13.3 Å². The van der Waals surface area contributed by atoms with Crippen molar-refractivity contribution in [1.29, 1.82) is 0 Å². The normalized spacial score (nSPS) is 7.60. The molecule has 1 heteroatoms. The number of rotatable bonds is 1. The van der Waals surface area contributed by atoms with E-state index in [1.54, 1.807) is 0 Å². The molecule has 0 rings (SSSR count). The van der Waals surface area contributed by atoms with E-state index in [9.17, 15) is 0 Å². The van der Waals surface area contributed by atoms with Crippen molar-refractivity contribution in [2.75, 3.05) is 0 Å². The molecule has 0 N–H and O–H groups in total. The van der Waals surface area contributed by atoms with E-state index in [4.69, 9.17) is 11.6 Å². The van der Waals surface area contributed by atoms with Gasteiger partial charge < -0.3 is 0 Å². The van der Waals surface area contributed by atoms with Crippen molar-refractivity contribution < 1.29 is 0 Å². The van der Waals surface area contributed by atoms with Crippen LogP contribution in [0.1, 0.15) is 6.42 Å². The van der Waals surface area contributed by atoms with Crippen LogP contribution in [0.25, 0.3) is 0 Å². The van der Waals surface area contributed by atoms with Gasteiger partial charge in [0.25, 0.3) is 0 Å². The van der Waals surface area contributed by atoms with E-state index >= 15 is 0 Å². The average Bonchev–Trinajstić information content (AvgIpc) is 1.38. The van der Waals surface area contributed by atoms with Gasteiger partial charge in [0.1, 0.15) is 0 Å². The van der Waals surface area contributed by atoms with Crippen molar-refractivity contribution in [2.45, 2.75) is 6.42 Å². The van der Waals surface area contributed by atoms with Crippen LogP contribution < -0.4 is 0 Å². The Morgan fingerprint density at radius 2 is 2.00 bits per heavy atom. The van der Waals surface area contributed by atoms with Crippen LogP contribution in [0.15, 0.2) is 11.6 Å². The van der Waals surface area contributed by atoms with E-state index in [1.165, 1.54) is 0 Å². The molecule has 0 spiro atoms. The van der Waals surface area contributed by atoms with Crippen LogP contribution in [0.5, 0.6) is 0 Å². The highest BCUT2D eigenvalue weighted by atomic mass is 35.5. The Labute approximate surface area is 37.4 Å². The molecule has 0 aromatic carbocycles. The van der Waals surface area contributed by atoms with Gasteiger partial charge in [0, 0.05) is 5.03 Å². The Morgan fingerprint density at radius 1 is 1.80 bits per heavy atom. The van der Waals surface area contributed by atoms with E-state index < -0.39 is 0 Å². The summed E-state index contributed by atoms with van der Waals surface area (Å²) in [4.78, 5) is 0. The SMILES string of the molecule is [CH2]CC(=C)Cl. The Balaban J connectivity index is 2.85. The number of allylic oxidation sites excluding steroid dienone is 1. The Hall–Kier alpha value is 0.0300. The predicted molar refractivity (Wildman–Crippen MR) is 25.0 cm³/mol. The van der Waals surface area contributed by atoms with Gasteiger partial charge in [-0.1, -0.05) is 18.2 Å². The van der Waals surface area contributed by atoms with Crippen molar-refractivity contribution in [2.24, 2.45) is 0 Å². The van der Waals surface area contributed by atoms with Gasteiger partial charge in [0.2, 0.25) is 0 Å². The largest absolute Gasteiger partial charge is 0.0898 e. The van der Waals surface area contributed by atoms with Crippen molar-refractivity contribution in [3.05, 3.63) is 18.5 Å². The Bertz CT molecular complexity index is 38.9. The molecule has 0 heterocycles. The molecule has 0 aromatic heterocycles. The molecule has 0 bridgehead atoms. The van der Waals surface area contributed by atoms with E-state index in [-0.39, 0.29) is 0 Å². The van der Waals surface area contributed by atoms with Crippen molar-refractivity contribution in [1.82, 2.24) is 0 Å². The molecule has 0 saturated carbocycles. The monoisotopic (exact) mass is 89.0 g/mol. The summed E-state index contributed by atoms with van der Waals surface area (Å²) in [6.07, 6.45) is 0.627.